The van der Waals surface area contributed by atoms with Gasteiger partial charge < -0.3 is 10.2 Å². The molecule has 3 aromatic rings. The van der Waals surface area contributed by atoms with E-state index in [9.17, 15) is 29.4 Å². The molecule has 7 rings (SSSR count). The van der Waals surface area contributed by atoms with Crippen LogP contribution in [0.1, 0.15) is 38.4 Å². The molecule has 176 valence electrons. The van der Waals surface area contributed by atoms with Gasteiger partial charge in [-0.3, -0.25) is 14.4 Å². The Bertz CT molecular complexity index is 1620. The summed E-state index contributed by atoms with van der Waals surface area (Å²) in [5, 5.41) is 20.8. The van der Waals surface area contributed by atoms with Crippen molar-refractivity contribution in [1.82, 2.24) is 4.98 Å². The largest absolute Gasteiger partial charge is 0.506 e. The first-order valence-electron chi connectivity index (χ1n) is 11.7. The van der Waals surface area contributed by atoms with Crippen molar-refractivity contribution in [2.45, 2.75) is 6.42 Å². The minimum atomic E-state index is -1.17. The number of benzene rings is 2. The molecule has 0 spiro atoms. The molecule has 8 heteroatoms. The summed E-state index contributed by atoms with van der Waals surface area (Å²) >= 11 is 0. The molecule has 2 N–H and O–H groups in total. The Morgan fingerprint density at radius 3 is 2.33 bits per heavy atom. The first-order valence-corrected chi connectivity index (χ1v) is 11.7. The second-order valence-electron chi connectivity index (χ2n) is 9.68. The predicted octanol–water partition coefficient (Wildman–Crippen LogP) is 3.87. The normalized spacial score (nSPS) is 25.9. The minimum absolute atomic E-state index is 0.0526. The third kappa shape index (κ3) is 2.55. The number of carboxylic acid groups (broad SMARTS) is 1. The van der Waals surface area contributed by atoms with E-state index in [4.69, 9.17) is 0 Å². The zero-order valence-corrected chi connectivity index (χ0v) is 18.7. The molecule has 2 aromatic carbocycles. The van der Waals surface area contributed by atoms with Crippen molar-refractivity contribution in [1.29, 1.82) is 0 Å². The van der Waals surface area contributed by atoms with Gasteiger partial charge in [-0.25, -0.2) is 14.7 Å². The van der Waals surface area contributed by atoms with Crippen LogP contribution >= 0.6 is 0 Å². The number of carboxylic acids is 1. The van der Waals surface area contributed by atoms with Crippen LogP contribution in [0, 0.1) is 23.7 Å². The lowest BCUT2D eigenvalue weighted by atomic mass is 9.85. The molecule has 2 bridgehead atoms. The molecule has 2 heterocycles. The van der Waals surface area contributed by atoms with Crippen LogP contribution in [0.2, 0.25) is 0 Å². The number of amides is 2. The SMILES string of the molecule is O=C(O)c1ccc2c(c1)C(O)=C(c1ccc3cccc(N4C(=O)C5C6C=CC(C6)[C@@H]5C4=O)c3n1)C2=O. The molecule has 0 radical (unpaired) electrons. The number of allylic oxidation sites excluding steroid dienone is 3. The van der Waals surface area contributed by atoms with E-state index in [1.165, 1.54) is 23.1 Å². The van der Waals surface area contributed by atoms with Crippen LogP contribution in [0.3, 0.4) is 0 Å². The number of pyridine rings is 1. The maximum absolute atomic E-state index is 13.4. The summed E-state index contributed by atoms with van der Waals surface area (Å²) < 4.78 is 0. The van der Waals surface area contributed by atoms with Crippen LogP contribution in [0.25, 0.3) is 22.2 Å². The van der Waals surface area contributed by atoms with E-state index in [0.29, 0.717) is 16.6 Å². The van der Waals surface area contributed by atoms with E-state index in [-0.39, 0.29) is 69.2 Å². The van der Waals surface area contributed by atoms with Crippen LogP contribution in [-0.2, 0) is 9.59 Å². The lowest BCUT2D eigenvalue weighted by Crippen LogP contribution is -2.33. The molecule has 8 nitrogen and oxygen atoms in total. The number of imide groups is 1. The highest BCUT2D eigenvalue weighted by Crippen LogP contribution is 2.53. The summed E-state index contributed by atoms with van der Waals surface area (Å²) in [6, 6.07) is 12.5. The first kappa shape index (κ1) is 20.8. The van der Waals surface area contributed by atoms with Gasteiger partial charge in [-0.1, -0.05) is 30.4 Å². The number of ketones is 1. The van der Waals surface area contributed by atoms with Crippen LogP contribution in [0.4, 0.5) is 5.69 Å². The zero-order valence-electron chi connectivity index (χ0n) is 18.7. The van der Waals surface area contributed by atoms with Crippen molar-refractivity contribution in [2.75, 3.05) is 4.90 Å². The molecule has 4 atom stereocenters. The Balaban J connectivity index is 1.35. The van der Waals surface area contributed by atoms with Crippen molar-refractivity contribution in [3.05, 3.63) is 83.1 Å². The number of hydrogen-bond donors (Lipinski definition) is 2. The molecule has 2 fully saturated rings. The molecule has 3 aliphatic carbocycles. The highest BCUT2D eigenvalue weighted by molar-refractivity contribution is 6.39. The number of aliphatic hydroxyl groups excluding tert-OH is 1. The quantitative estimate of drug-likeness (QED) is 0.432. The fourth-order valence-corrected chi connectivity index (χ4v) is 6.28. The van der Waals surface area contributed by atoms with E-state index in [2.05, 4.69) is 4.98 Å². The zero-order chi connectivity index (χ0) is 24.9. The Morgan fingerprint density at radius 1 is 0.917 bits per heavy atom. The van der Waals surface area contributed by atoms with E-state index >= 15 is 0 Å². The summed E-state index contributed by atoms with van der Waals surface area (Å²) in [5.41, 5.74) is 1.10. The molecule has 1 aliphatic heterocycles. The number of hydrogen-bond acceptors (Lipinski definition) is 6. The van der Waals surface area contributed by atoms with Crippen molar-refractivity contribution in [3.8, 4) is 0 Å². The van der Waals surface area contributed by atoms with Gasteiger partial charge in [0, 0.05) is 16.5 Å². The Kier molecular flexibility index (Phi) is 4.02. The summed E-state index contributed by atoms with van der Waals surface area (Å²) in [5.74, 6) is -3.02. The van der Waals surface area contributed by atoms with Crippen molar-refractivity contribution >= 4 is 51.5 Å². The minimum Gasteiger partial charge on any atom is -0.506 e. The number of rotatable bonds is 3. The number of anilines is 1. The average Bonchev–Trinajstić information content (AvgIpc) is 3.61. The van der Waals surface area contributed by atoms with E-state index < -0.39 is 11.8 Å². The number of aliphatic hydroxyl groups is 1. The smallest absolute Gasteiger partial charge is 0.335 e. The summed E-state index contributed by atoms with van der Waals surface area (Å²) in [4.78, 5) is 57.2. The van der Waals surface area contributed by atoms with Gasteiger partial charge in [-0.05, 0) is 48.6 Å². The number of aromatic nitrogens is 1. The molecular weight excluding hydrogens is 460 g/mol. The van der Waals surface area contributed by atoms with E-state index in [1.807, 2.05) is 12.2 Å². The number of aromatic carboxylic acids is 1. The Hall–Kier alpha value is -4.59. The van der Waals surface area contributed by atoms with Crippen LogP contribution in [-0.4, -0.2) is 38.8 Å². The van der Waals surface area contributed by atoms with Gasteiger partial charge in [0.05, 0.1) is 39.9 Å². The number of carbonyl (C=O) groups excluding carboxylic acids is 3. The third-order valence-electron chi connectivity index (χ3n) is 7.90. The third-order valence-corrected chi connectivity index (χ3v) is 7.90. The van der Waals surface area contributed by atoms with Gasteiger partial charge in [-0.15, -0.1) is 0 Å². The van der Waals surface area contributed by atoms with Crippen LogP contribution in [0.15, 0.2) is 60.7 Å². The van der Waals surface area contributed by atoms with E-state index in [0.717, 1.165) is 6.42 Å². The van der Waals surface area contributed by atoms with Gasteiger partial charge in [-0.2, -0.15) is 0 Å². The number of para-hydroxylation sites is 1. The topological polar surface area (TPSA) is 125 Å². The molecule has 4 aliphatic rings. The van der Waals surface area contributed by atoms with Gasteiger partial charge in [0.25, 0.3) is 0 Å². The fourth-order valence-electron chi connectivity index (χ4n) is 6.28. The summed E-state index contributed by atoms with van der Waals surface area (Å²) in [7, 11) is 0. The van der Waals surface area contributed by atoms with Crippen molar-refractivity contribution in [3.63, 3.8) is 0 Å². The standard InChI is InChI=1S/C28H18N2O6/c31-24-16-8-6-15(28(35)36)11-17(16)25(32)22(24)18-9-7-12-2-1-3-19(23(12)29-18)30-26(33)20-13-4-5-14(10-13)21(20)27(30)34/h1-9,11,13-14,20-21,32H,10H2,(H,35,36)/t13?,14?,20-,21?/m0/s1. The molecule has 2 amide bonds. The monoisotopic (exact) mass is 478 g/mol. The molecule has 1 saturated carbocycles. The number of fused-ring (bicyclic) bond motifs is 7. The lowest BCUT2D eigenvalue weighted by molar-refractivity contribution is -0.123. The predicted molar refractivity (Wildman–Crippen MR) is 129 cm³/mol. The highest BCUT2D eigenvalue weighted by Gasteiger charge is 2.59. The molecular formula is C28H18N2O6. The van der Waals surface area contributed by atoms with Crippen LogP contribution < -0.4 is 4.90 Å². The lowest BCUT2D eigenvalue weighted by Gasteiger charge is -2.19. The molecule has 3 unspecified atom stereocenters. The van der Waals surface area contributed by atoms with Crippen molar-refractivity contribution in [2.24, 2.45) is 23.7 Å². The summed E-state index contributed by atoms with van der Waals surface area (Å²) in [6.07, 6.45) is 4.90. The van der Waals surface area contributed by atoms with Crippen LogP contribution in [0.5, 0.6) is 0 Å². The Morgan fingerprint density at radius 2 is 1.64 bits per heavy atom. The number of carbonyl (C=O) groups is 4. The van der Waals surface area contributed by atoms with Crippen molar-refractivity contribution < 1.29 is 29.4 Å². The first-order chi connectivity index (χ1) is 17.3. The maximum Gasteiger partial charge on any atom is 0.335 e. The van der Waals surface area contributed by atoms with E-state index in [1.54, 1.807) is 30.3 Å². The number of Topliss-reactive ketones (excluding diaryl/α,β-unsaturated/α-hetero) is 1. The summed E-state index contributed by atoms with van der Waals surface area (Å²) in [6.45, 7) is 0. The average molecular weight is 478 g/mol. The van der Waals surface area contributed by atoms with Gasteiger partial charge in [0.2, 0.25) is 11.8 Å². The number of nitrogens with zero attached hydrogens (tertiary/aromatic N) is 2. The molecule has 36 heavy (non-hydrogen) atoms. The van der Waals surface area contributed by atoms with Gasteiger partial charge >= 0.3 is 5.97 Å². The maximum atomic E-state index is 13.4. The second-order valence-corrected chi connectivity index (χ2v) is 9.68. The Labute approximate surface area is 204 Å². The van der Waals surface area contributed by atoms with Gasteiger partial charge in [0.1, 0.15) is 5.76 Å². The fraction of sp³-hybridized carbons (Fsp3) is 0.179. The molecule has 1 aromatic heterocycles. The molecule has 1 saturated heterocycles. The second kappa shape index (κ2) is 6.97. The highest BCUT2D eigenvalue weighted by atomic mass is 16.4. The van der Waals surface area contributed by atoms with Gasteiger partial charge in [0.15, 0.2) is 5.78 Å².